The van der Waals surface area contributed by atoms with Crippen molar-refractivity contribution >= 4 is 33.7 Å². The van der Waals surface area contributed by atoms with Crippen LogP contribution in [0.1, 0.15) is 12.0 Å². The Bertz CT molecular complexity index is 1280. The van der Waals surface area contributed by atoms with Crippen LogP contribution in [0.25, 0.3) is 22.1 Å². The van der Waals surface area contributed by atoms with E-state index < -0.39 is 11.4 Å². The van der Waals surface area contributed by atoms with E-state index in [1.807, 2.05) is 6.92 Å². The highest BCUT2D eigenvalue weighted by atomic mass is 16.4. The van der Waals surface area contributed by atoms with Crippen molar-refractivity contribution in [3.63, 3.8) is 0 Å². The van der Waals surface area contributed by atoms with Gasteiger partial charge < -0.3 is 14.2 Å². The molecule has 1 N–H and O–H groups in total. The summed E-state index contributed by atoms with van der Waals surface area (Å²) >= 11 is 0. The van der Waals surface area contributed by atoms with E-state index in [1.165, 1.54) is 10.6 Å². The first-order valence-electron chi connectivity index (χ1n) is 8.44. The minimum Gasteiger partial charge on any atom is -0.423 e. The van der Waals surface area contributed by atoms with E-state index >= 15 is 0 Å². The van der Waals surface area contributed by atoms with Gasteiger partial charge in [-0.15, -0.1) is 0 Å². The topological polar surface area (TPSA) is 94.5 Å². The van der Waals surface area contributed by atoms with Gasteiger partial charge in [0.05, 0.1) is 5.52 Å². The molecule has 0 fully saturated rings. The van der Waals surface area contributed by atoms with Crippen LogP contribution >= 0.6 is 0 Å². The minimum atomic E-state index is -0.494. The molecule has 136 valence electrons. The Balaban J connectivity index is 1.51. The number of benzene rings is 2. The molecule has 0 saturated heterocycles. The third kappa shape index (κ3) is 3.27. The molecule has 0 atom stereocenters. The van der Waals surface area contributed by atoms with Crippen molar-refractivity contribution in [2.24, 2.45) is 0 Å². The molecule has 2 heterocycles. The Labute approximate surface area is 152 Å². The van der Waals surface area contributed by atoms with Gasteiger partial charge in [0, 0.05) is 36.2 Å². The molecule has 4 aromatic rings. The van der Waals surface area contributed by atoms with Crippen LogP contribution in [-0.4, -0.2) is 10.5 Å². The molecule has 7 nitrogen and oxygen atoms in total. The molecule has 0 spiro atoms. The summed E-state index contributed by atoms with van der Waals surface area (Å²) in [6.07, 6.45) is 0.0965. The third-order valence-corrected chi connectivity index (χ3v) is 4.37. The second-order valence-corrected chi connectivity index (χ2v) is 6.24. The number of nitrogens with one attached hydrogen (secondary N) is 1. The predicted molar refractivity (Wildman–Crippen MR) is 101 cm³/mol. The lowest BCUT2D eigenvalue weighted by molar-refractivity contribution is -0.116. The first-order chi connectivity index (χ1) is 13.0. The molecule has 2 aromatic carbocycles. The molecule has 1 amide bonds. The quantitative estimate of drug-likeness (QED) is 0.562. The molecule has 0 unspecified atom stereocenters. The van der Waals surface area contributed by atoms with Crippen LogP contribution in [0, 0.1) is 6.92 Å². The molecular weight excluding hydrogens is 348 g/mol. The number of hydrogen-bond acceptors (Lipinski definition) is 5. The first kappa shape index (κ1) is 16.8. The number of amides is 1. The van der Waals surface area contributed by atoms with Crippen molar-refractivity contribution in [3.8, 4) is 0 Å². The van der Waals surface area contributed by atoms with Crippen molar-refractivity contribution in [1.29, 1.82) is 0 Å². The molecule has 0 saturated carbocycles. The number of oxazole rings is 1. The fourth-order valence-electron chi connectivity index (χ4n) is 3.07. The van der Waals surface area contributed by atoms with E-state index in [0.717, 1.165) is 10.9 Å². The number of nitrogens with zero attached hydrogens (tertiary/aromatic N) is 1. The van der Waals surface area contributed by atoms with Crippen molar-refractivity contribution in [1.82, 2.24) is 4.57 Å². The van der Waals surface area contributed by atoms with Crippen LogP contribution in [0.15, 0.2) is 67.0 Å². The molecule has 0 aliphatic rings. The number of aromatic nitrogens is 1. The summed E-state index contributed by atoms with van der Waals surface area (Å²) in [5.41, 5.74) is 2.45. The Morgan fingerprint density at radius 1 is 1.04 bits per heavy atom. The Morgan fingerprint density at radius 2 is 1.85 bits per heavy atom. The number of carbonyl (C=O) groups is 1. The average Bonchev–Trinajstić information content (AvgIpc) is 2.94. The summed E-state index contributed by atoms with van der Waals surface area (Å²) in [6, 6.07) is 13.6. The number of aryl methyl sites for hydroxylation is 2. The number of rotatable bonds is 4. The van der Waals surface area contributed by atoms with Crippen LogP contribution in [0.5, 0.6) is 0 Å². The Kier molecular flexibility index (Phi) is 4.12. The lowest BCUT2D eigenvalue weighted by Gasteiger charge is -2.07. The zero-order valence-corrected chi connectivity index (χ0v) is 14.5. The van der Waals surface area contributed by atoms with Gasteiger partial charge in [0.1, 0.15) is 5.58 Å². The summed E-state index contributed by atoms with van der Waals surface area (Å²) in [5, 5.41) is 3.57. The van der Waals surface area contributed by atoms with E-state index in [0.29, 0.717) is 22.4 Å². The summed E-state index contributed by atoms with van der Waals surface area (Å²) in [6.45, 7) is 2.02. The Hall–Kier alpha value is -3.61. The largest absolute Gasteiger partial charge is 0.423 e. The molecule has 7 heteroatoms. The van der Waals surface area contributed by atoms with Gasteiger partial charge in [0.2, 0.25) is 5.91 Å². The van der Waals surface area contributed by atoms with Crippen LogP contribution in [-0.2, 0) is 11.3 Å². The fraction of sp³-hybridized carbons (Fsp3) is 0.150. The van der Waals surface area contributed by atoms with Crippen LogP contribution in [0.4, 0.5) is 5.69 Å². The highest BCUT2D eigenvalue weighted by molar-refractivity contribution is 5.93. The third-order valence-electron chi connectivity index (χ3n) is 4.37. The predicted octanol–water partition coefficient (Wildman–Crippen LogP) is 3.04. The van der Waals surface area contributed by atoms with Crippen molar-refractivity contribution < 1.29 is 13.6 Å². The summed E-state index contributed by atoms with van der Waals surface area (Å²) < 4.78 is 11.8. The highest BCUT2D eigenvalue weighted by Crippen LogP contribution is 2.21. The van der Waals surface area contributed by atoms with Crippen molar-refractivity contribution in [2.45, 2.75) is 19.9 Å². The van der Waals surface area contributed by atoms with Gasteiger partial charge in [0.15, 0.2) is 5.58 Å². The van der Waals surface area contributed by atoms with Gasteiger partial charge in [-0.2, -0.15) is 0 Å². The smallest absolute Gasteiger partial charge is 0.419 e. The van der Waals surface area contributed by atoms with E-state index in [2.05, 4.69) is 5.32 Å². The monoisotopic (exact) mass is 364 g/mol. The number of anilines is 1. The van der Waals surface area contributed by atoms with E-state index in [9.17, 15) is 14.4 Å². The highest BCUT2D eigenvalue weighted by Gasteiger charge is 2.11. The molecule has 0 bridgehead atoms. The van der Waals surface area contributed by atoms with Crippen molar-refractivity contribution in [2.75, 3.05) is 5.32 Å². The first-order valence-corrected chi connectivity index (χ1v) is 8.44. The van der Waals surface area contributed by atoms with Gasteiger partial charge >= 0.3 is 11.4 Å². The van der Waals surface area contributed by atoms with Gasteiger partial charge in [-0.1, -0.05) is 12.1 Å². The van der Waals surface area contributed by atoms with Gasteiger partial charge in [-0.3, -0.25) is 9.36 Å². The number of para-hydroxylation sites is 2. The molecule has 2 aromatic heterocycles. The minimum absolute atomic E-state index is 0.0965. The molecule has 0 aliphatic heterocycles. The van der Waals surface area contributed by atoms with Crippen LogP contribution in [0.2, 0.25) is 0 Å². The second kappa shape index (κ2) is 6.60. The number of hydrogen-bond donors (Lipinski definition) is 1. The average molecular weight is 364 g/mol. The molecule has 4 rings (SSSR count). The normalized spacial score (nSPS) is 11.1. The van der Waals surface area contributed by atoms with Gasteiger partial charge in [-0.05, 0) is 36.8 Å². The maximum Gasteiger partial charge on any atom is 0.419 e. The summed E-state index contributed by atoms with van der Waals surface area (Å²) in [5.74, 6) is -0.756. The number of carbonyl (C=O) groups excluding carboxylic acids is 1. The summed E-state index contributed by atoms with van der Waals surface area (Å²) in [7, 11) is 0. The number of fused-ring (bicyclic) bond motifs is 2. The summed E-state index contributed by atoms with van der Waals surface area (Å²) in [4.78, 5) is 35.7. The zero-order valence-electron chi connectivity index (χ0n) is 14.5. The lowest BCUT2D eigenvalue weighted by Crippen LogP contribution is -2.19. The maximum atomic E-state index is 12.3. The van der Waals surface area contributed by atoms with E-state index in [-0.39, 0.29) is 18.9 Å². The lowest BCUT2D eigenvalue weighted by atomic mass is 10.1. The standard InChI is InChI=1S/C20H16N2O5/c1-12-10-19(24)26-17-11-13(6-7-14(12)17)21-18(23)8-9-22-15-4-2-3-5-16(15)27-20(22)25/h2-7,10-11H,8-9H2,1H3,(H,21,23). The van der Waals surface area contributed by atoms with Crippen LogP contribution in [0.3, 0.4) is 0 Å². The SMILES string of the molecule is Cc1cc(=O)oc2cc(NC(=O)CCn3c(=O)oc4ccccc43)ccc12. The maximum absolute atomic E-state index is 12.3. The van der Waals surface area contributed by atoms with Crippen LogP contribution < -0.4 is 16.7 Å². The molecule has 0 aliphatic carbocycles. The fourth-order valence-corrected chi connectivity index (χ4v) is 3.07. The van der Waals surface area contributed by atoms with E-state index in [1.54, 1.807) is 42.5 Å². The van der Waals surface area contributed by atoms with Crippen molar-refractivity contribution in [3.05, 3.63) is 75.1 Å². The molecule has 0 radical (unpaired) electrons. The molecule has 27 heavy (non-hydrogen) atoms. The second-order valence-electron chi connectivity index (χ2n) is 6.24. The Morgan fingerprint density at radius 3 is 2.70 bits per heavy atom. The van der Waals surface area contributed by atoms with Gasteiger partial charge in [-0.25, -0.2) is 9.59 Å². The van der Waals surface area contributed by atoms with E-state index in [4.69, 9.17) is 8.83 Å². The van der Waals surface area contributed by atoms with Gasteiger partial charge in [0.25, 0.3) is 0 Å². The molecular formula is C20H16N2O5. The zero-order chi connectivity index (χ0) is 19.0.